The van der Waals surface area contributed by atoms with Crippen LogP contribution in [0.1, 0.15) is 48.8 Å². The molecule has 3 rings (SSSR count). The Kier molecular flexibility index (Phi) is 6.94. The van der Waals surface area contributed by atoms with Gasteiger partial charge in [0.15, 0.2) is 5.69 Å². The fourth-order valence-corrected chi connectivity index (χ4v) is 3.80. The number of aromatic nitrogens is 2. The summed E-state index contributed by atoms with van der Waals surface area (Å²) in [5.74, 6) is -0.570. The van der Waals surface area contributed by atoms with E-state index in [0.717, 1.165) is 19.5 Å². The van der Waals surface area contributed by atoms with Gasteiger partial charge in [0.1, 0.15) is 5.69 Å². The number of rotatable bonds is 7. The molecular formula is C21H27N5O4. The third kappa shape index (κ3) is 4.91. The lowest BCUT2D eigenvalue weighted by molar-refractivity contribution is -0.384. The standard InChI is InChI=1S/C21H27N5O4/c1-15-8-5-6-12-24(15)13-7-11-22-21(28)20-19(27)14-16(2)25(23-20)17-9-3-4-10-18(17)26(29)30/h3-4,9-10,14-15H,5-8,11-13H2,1-2H3,(H,22,28)/t15-/m1/s1. The van der Waals surface area contributed by atoms with Crippen molar-refractivity contribution < 1.29 is 9.72 Å². The molecule has 1 saturated heterocycles. The van der Waals surface area contributed by atoms with Gasteiger partial charge in [0.25, 0.3) is 11.6 Å². The highest BCUT2D eigenvalue weighted by molar-refractivity contribution is 5.92. The number of likely N-dealkylation sites (tertiary alicyclic amines) is 1. The van der Waals surface area contributed by atoms with Crippen LogP contribution < -0.4 is 10.7 Å². The number of amides is 1. The van der Waals surface area contributed by atoms with E-state index in [1.807, 2.05) is 0 Å². The predicted octanol–water partition coefficient (Wildman–Crippen LogP) is 2.44. The van der Waals surface area contributed by atoms with Gasteiger partial charge in [-0.15, -0.1) is 0 Å². The Morgan fingerprint density at radius 2 is 2.10 bits per heavy atom. The van der Waals surface area contributed by atoms with E-state index >= 15 is 0 Å². The molecule has 0 bridgehead atoms. The highest BCUT2D eigenvalue weighted by atomic mass is 16.6. The van der Waals surface area contributed by atoms with Gasteiger partial charge in [0.2, 0.25) is 5.43 Å². The summed E-state index contributed by atoms with van der Waals surface area (Å²) in [6.45, 7) is 6.24. The van der Waals surface area contributed by atoms with Crippen molar-refractivity contribution in [1.29, 1.82) is 0 Å². The Morgan fingerprint density at radius 3 is 2.83 bits per heavy atom. The highest BCUT2D eigenvalue weighted by Crippen LogP contribution is 2.22. The van der Waals surface area contributed by atoms with Crippen molar-refractivity contribution in [3.8, 4) is 5.69 Å². The molecule has 0 radical (unpaired) electrons. The Bertz CT molecular complexity index is 988. The second kappa shape index (κ2) is 9.62. The van der Waals surface area contributed by atoms with E-state index in [1.165, 1.54) is 42.1 Å². The average molecular weight is 413 g/mol. The van der Waals surface area contributed by atoms with Crippen LogP contribution in [0.4, 0.5) is 5.69 Å². The Labute approximate surface area is 174 Å². The van der Waals surface area contributed by atoms with Crippen molar-refractivity contribution >= 4 is 11.6 Å². The third-order valence-electron chi connectivity index (χ3n) is 5.48. The summed E-state index contributed by atoms with van der Waals surface area (Å²) in [5.41, 5.74) is -0.327. The van der Waals surface area contributed by atoms with Gasteiger partial charge in [-0.2, -0.15) is 5.10 Å². The highest BCUT2D eigenvalue weighted by Gasteiger charge is 2.21. The Balaban J connectivity index is 1.72. The molecule has 1 aromatic carbocycles. The van der Waals surface area contributed by atoms with Crippen molar-refractivity contribution in [3.05, 3.63) is 62.1 Å². The van der Waals surface area contributed by atoms with Crippen molar-refractivity contribution in [2.24, 2.45) is 0 Å². The molecule has 30 heavy (non-hydrogen) atoms. The molecule has 1 aliphatic rings. The van der Waals surface area contributed by atoms with E-state index in [9.17, 15) is 19.7 Å². The largest absolute Gasteiger partial charge is 0.350 e. The maximum atomic E-state index is 12.6. The molecule has 2 heterocycles. The van der Waals surface area contributed by atoms with E-state index in [2.05, 4.69) is 22.2 Å². The summed E-state index contributed by atoms with van der Waals surface area (Å²) in [6, 6.07) is 7.91. The summed E-state index contributed by atoms with van der Waals surface area (Å²) < 4.78 is 1.27. The Morgan fingerprint density at radius 1 is 1.33 bits per heavy atom. The SMILES string of the molecule is Cc1cc(=O)c(C(=O)NCCCN2CCCC[C@H]2C)nn1-c1ccccc1[N+](=O)[O-]. The maximum Gasteiger partial charge on any atom is 0.294 e. The minimum atomic E-state index is -0.570. The summed E-state index contributed by atoms with van der Waals surface area (Å²) in [7, 11) is 0. The maximum absolute atomic E-state index is 12.6. The summed E-state index contributed by atoms with van der Waals surface area (Å²) in [4.78, 5) is 38.1. The van der Waals surface area contributed by atoms with Crippen molar-refractivity contribution in [2.45, 2.75) is 45.6 Å². The summed E-state index contributed by atoms with van der Waals surface area (Å²) in [5, 5.41) is 18.2. The van der Waals surface area contributed by atoms with Crippen LogP contribution in [0.2, 0.25) is 0 Å². The lowest BCUT2D eigenvalue weighted by Gasteiger charge is -2.33. The molecule has 0 unspecified atom stereocenters. The third-order valence-corrected chi connectivity index (χ3v) is 5.48. The summed E-state index contributed by atoms with van der Waals surface area (Å²) in [6.07, 6.45) is 4.44. The van der Waals surface area contributed by atoms with Crippen LogP contribution in [-0.4, -0.2) is 51.2 Å². The van der Waals surface area contributed by atoms with Gasteiger partial charge >= 0.3 is 0 Å². The number of nitro benzene ring substituents is 1. The second-order valence-electron chi connectivity index (χ2n) is 7.65. The first-order valence-corrected chi connectivity index (χ1v) is 10.3. The number of nitrogens with one attached hydrogen (secondary N) is 1. The van der Waals surface area contributed by atoms with Crippen LogP contribution in [0, 0.1) is 17.0 Å². The summed E-state index contributed by atoms with van der Waals surface area (Å²) >= 11 is 0. The number of para-hydroxylation sites is 2. The monoisotopic (exact) mass is 413 g/mol. The number of benzene rings is 1. The molecule has 0 spiro atoms. The first-order chi connectivity index (χ1) is 14.4. The molecule has 160 valence electrons. The topological polar surface area (TPSA) is 110 Å². The number of piperidine rings is 1. The fraction of sp³-hybridized carbons (Fsp3) is 0.476. The van der Waals surface area contributed by atoms with E-state index in [-0.39, 0.29) is 17.1 Å². The first kappa shape index (κ1) is 21.6. The van der Waals surface area contributed by atoms with Crippen LogP contribution >= 0.6 is 0 Å². The zero-order chi connectivity index (χ0) is 21.7. The molecule has 1 aliphatic heterocycles. The molecule has 1 N–H and O–H groups in total. The van der Waals surface area contributed by atoms with Crippen LogP contribution in [-0.2, 0) is 0 Å². The van der Waals surface area contributed by atoms with Crippen LogP contribution in [0.25, 0.3) is 5.69 Å². The van der Waals surface area contributed by atoms with Gasteiger partial charge < -0.3 is 10.2 Å². The molecule has 1 fully saturated rings. The molecule has 1 amide bonds. The van der Waals surface area contributed by atoms with Gasteiger partial charge in [0.05, 0.1) is 4.92 Å². The van der Waals surface area contributed by atoms with Crippen molar-refractivity contribution in [2.75, 3.05) is 19.6 Å². The number of nitrogens with zero attached hydrogens (tertiary/aromatic N) is 4. The first-order valence-electron chi connectivity index (χ1n) is 10.3. The smallest absolute Gasteiger partial charge is 0.294 e. The van der Waals surface area contributed by atoms with Gasteiger partial charge in [0, 0.05) is 37.0 Å². The number of carbonyl (C=O) groups excluding carboxylic acids is 1. The number of nitro groups is 1. The zero-order valence-electron chi connectivity index (χ0n) is 17.3. The van der Waals surface area contributed by atoms with E-state index in [4.69, 9.17) is 0 Å². The minimum absolute atomic E-state index is 0.154. The minimum Gasteiger partial charge on any atom is -0.350 e. The number of hydrogen-bond donors (Lipinski definition) is 1. The zero-order valence-corrected chi connectivity index (χ0v) is 17.3. The number of hydrogen-bond acceptors (Lipinski definition) is 6. The lowest BCUT2D eigenvalue weighted by atomic mass is 10.0. The normalized spacial score (nSPS) is 16.9. The van der Waals surface area contributed by atoms with E-state index in [1.54, 1.807) is 19.1 Å². The molecular weight excluding hydrogens is 386 g/mol. The molecule has 9 heteroatoms. The molecule has 1 aromatic heterocycles. The van der Waals surface area contributed by atoms with Crippen LogP contribution in [0.15, 0.2) is 35.1 Å². The van der Waals surface area contributed by atoms with E-state index < -0.39 is 16.3 Å². The van der Waals surface area contributed by atoms with Gasteiger partial charge in [-0.05, 0) is 45.7 Å². The van der Waals surface area contributed by atoms with Crippen LogP contribution in [0.3, 0.4) is 0 Å². The van der Waals surface area contributed by atoms with Crippen molar-refractivity contribution in [1.82, 2.24) is 20.0 Å². The average Bonchev–Trinajstić information content (AvgIpc) is 2.72. The predicted molar refractivity (Wildman–Crippen MR) is 113 cm³/mol. The molecule has 1 atom stereocenters. The number of carbonyl (C=O) groups is 1. The van der Waals surface area contributed by atoms with Crippen molar-refractivity contribution in [3.63, 3.8) is 0 Å². The number of aryl methyl sites for hydroxylation is 1. The molecule has 2 aromatic rings. The fourth-order valence-electron chi connectivity index (χ4n) is 3.80. The van der Waals surface area contributed by atoms with Gasteiger partial charge in [-0.1, -0.05) is 18.6 Å². The Hall–Kier alpha value is -3.07. The quantitative estimate of drug-likeness (QED) is 0.424. The molecule has 0 aliphatic carbocycles. The second-order valence-corrected chi connectivity index (χ2v) is 7.65. The van der Waals surface area contributed by atoms with Gasteiger partial charge in [-0.25, -0.2) is 4.68 Å². The van der Waals surface area contributed by atoms with E-state index in [0.29, 0.717) is 18.3 Å². The molecule has 0 saturated carbocycles. The molecule has 9 nitrogen and oxygen atoms in total. The van der Waals surface area contributed by atoms with Crippen LogP contribution in [0.5, 0.6) is 0 Å². The van der Waals surface area contributed by atoms with Gasteiger partial charge in [-0.3, -0.25) is 19.7 Å². The lowest BCUT2D eigenvalue weighted by Crippen LogP contribution is -2.39.